The first kappa shape index (κ1) is 24.5. The fourth-order valence-corrected chi connectivity index (χ4v) is 3.40. The number of rotatable bonds is 8. The lowest BCUT2D eigenvalue weighted by molar-refractivity contribution is 0.0573. The molecule has 8 heteroatoms. The van der Waals surface area contributed by atoms with Crippen LogP contribution in [-0.4, -0.2) is 38.6 Å². The molecule has 0 aliphatic heterocycles. The lowest BCUT2D eigenvalue weighted by Crippen LogP contribution is -2.29. The molecular weight excluding hydrogens is 430 g/mol. The Hall–Kier alpha value is -3.10. The van der Waals surface area contributed by atoms with Gasteiger partial charge in [-0.05, 0) is 51.0 Å². The number of aromatic nitrogens is 2. The quantitative estimate of drug-likeness (QED) is 0.528. The average Bonchev–Trinajstić information content (AvgIpc) is 2.72. The van der Waals surface area contributed by atoms with Gasteiger partial charge in [-0.25, -0.2) is 8.78 Å². The number of aliphatic hydroxyl groups is 2. The van der Waals surface area contributed by atoms with E-state index in [1.54, 1.807) is 76.4 Å². The van der Waals surface area contributed by atoms with Crippen molar-refractivity contribution >= 4 is 0 Å². The standard InChI is InChI=1S/C25H28F2N2O4/c1-24(2,31)15-29-13-19(16-9-11-17(12-10-16)25(3,4)32)23(30)22(28-29)18-7-5-6-8-20(18)33-14-21(26)27/h5-13,21,31-32H,14-15H2,1-4H3. The number of halogens is 2. The van der Waals surface area contributed by atoms with Crippen LogP contribution in [0.15, 0.2) is 59.5 Å². The Labute approximate surface area is 191 Å². The Bertz CT molecular complexity index is 1160. The van der Waals surface area contributed by atoms with Gasteiger partial charge in [0.05, 0.1) is 17.7 Å². The lowest BCUT2D eigenvalue weighted by Gasteiger charge is -2.21. The molecule has 0 aliphatic rings. The van der Waals surface area contributed by atoms with Gasteiger partial charge in [0.25, 0.3) is 6.43 Å². The lowest BCUT2D eigenvalue weighted by atomic mass is 9.95. The third-order valence-corrected chi connectivity index (χ3v) is 4.92. The number of alkyl halides is 2. The first-order valence-corrected chi connectivity index (χ1v) is 10.5. The molecule has 0 unspecified atom stereocenters. The number of benzene rings is 2. The van der Waals surface area contributed by atoms with Crippen molar-refractivity contribution in [3.63, 3.8) is 0 Å². The maximum atomic E-state index is 13.5. The van der Waals surface area contributed by atoms with E-state index < -0.39 is 29.7 Å². The molecule has 0 atom stereocenters. The van der Waals surface area contributed by atoms with Gasteiger partial charge in [-0.2, -0.15) is 5.10 Å². The summed E-state index contributed by atoms with van der Waals surface area (Å²) in [6.07, 6.45) is -1.12. The second-order valence-corrected chi connectivity index (χ2v) is 9.07. The van der Waals surface area contributed by atoms with Crippen molar-refractivity contribution in [2.75, 3.05) is 6.61 Å². The monoisotopic (exact) mass is 458 g/mol. The number of ether oxygens (including phenoxy) is 1. The molecule has 3 rings (SSSR count). The summed E-state index contributed by atoms with van der Waals surface area (Å²) in [6.45, 7) is 5.84. The van der Waals surface area contributed by atoms with Crippen LogP contribution in [0.1, 0.15) is 33.3 Å². The van der Waals surface area contributed by atoms with Crippen molar-refractivity contribution in [1.82, 2.24) is 9.78 Å². The summed E-state index contributed by atoms with van der Waals surface area (Å²) in [6, 6.07) is 13.3. The molecule has 33 heavy (non-hydrogen) atoms. The van der Waals surface area contributed by atoms with Crippen molar-refractivity contribution in [2.45, 2.75) is 51.9 Å². The van der Waals surface area contributed by atoms with Crippen LogP contribution < -0.4 is 10.2 Å². The van der Waals surface area contributed by atoms with E-state index in [1.165, 1.54) is 10.7 Å². The highest BCUT2D eigenvalue weighted by Gasteiger charge is 2.21. The van der Waals surface area contributed by atoms with E-state index in [0.717, 1.165) is 0 Å². The summed E-state index contributed by atoms with van der Waals surface area (Å²) < 4.78 is 32.2. The summed E-state index contributed by atoms with van der Waals surface area (Å²) in [5, 5.41) is 24.9. The Kier molecular flexibility index (Phi) is 7.00. The third-order valence-electron chi connectivity index (χ3n) is 4.92. The third kappa shape index (κ3) is 6.24. The molecule has 176 valence electrons. The maximum Gasteiger partial charge on any atom is 0.272 e. The van der Waals surface area contributed by atoms with Gasteiger partial charge in [0.15, 0.2) is 0 Å². The summed E-state index contributed by atoms with van der Waals surface area (Å²) >= 11 is 0. The molecule has 0 radical (unpaired) electrons. The molecule has 0 aliphatic carbocycles. The van der Waals surface area contributed by atoms with Gasteiger partial charge < -0.3 is 14.9 Å². The van der Waals surface area contributed by atoms with E-state index >= 15 is 0 Å². The first-order chi connectivity index (χ1) is 15.3. The molecule has 0 fully saturated rings. The van der Waals surface area contributed by atoms with Gasteiger partial charge in [0.2, 0.25) is 5.43 Å². The number of hydrogen-bond donors (Lipinski definition) is 2. The number of hydrogen-bond acceptors (Lipinski definition) is 5. The largest absolute Gasteiger partial charge is 0.487 e. The fourth-order valence-electron chi connectivity index (χ4n) is 3.40. The highest BCUT2D eigenvalue weighted by atomic mass is 19.3. The SMILES string of the molecule is CC(C)(O)Cn1cc(-c2ccc(C(C)(C)O)cc2)c(=O)c(-c2ccccc2OCC(F)F)n1. The van der Waals surface area contributed by atoms with Crippen LogP contribution in [0.4, 0.5) is 8.78 Å². The Morgan fingerprint density at radius 3 is 2.21 bits per heavy atom. The van der Waals surface area contributed by atoms with Gasteiger partial charge in [-0.15, -0.1) is 0 Å². The summed E-state index contributed by atoms with van der Waals surface area (Å²) in [7, 11) is 0. The van der Waals surface area contributed by atoms with E-state index in [4.69, 9.17) is 4.74 Å². The molecule has 6 nitrogen and oxygen atoms in total. The molecule has 0 bridgehead atoms. The zero-order valence-corrected chi connectivity index (χ0v) is 19.0. The minimum absolute atomic E-state index is 0.0215. The highest BCUT2D eigenvalue weighted by Crippen LogP contribution is 2.29. The summed E-state index contributed by atoms with van der Waals surface area (Å²) in [4.78, 5) is 13.5. The van der Waals surface area contributed by atoms with Crippen molar-refractivity contribution < 1.29 is 23.7 Å². The number of nitrogens with zero attached hydrogens (tertiary/aromatic N) is 2. The number of para-hydroxylation sites is 1. The Balaban J connectivity index is 2.18. The Morgan fingerprint density at radius 2 is 1.64 bits per heavy atom. The normalized spacial score (nSPS) is 12.3. The van der Waals surface area contributed by atoms with E-state index in [-0.39, 0.29) is 23.6 Å². The molecule has 1 heterocycles. The minimum Gasteiger partial charge on any atom is -0.487 e. The van der Waals surface area contributed by atoms with Crippen LogP contribution in [0.2, 0.25) is 0 Å². The van der Waals surface area contributed by atoms with E-state index in [0.29, 0.717) is 16.7 Å². The minimum atomic E-state index is -2.67. The Morgan fingerprint density at radius 1 is 1.00 bits per heavy atom. The molecule has 2 N–H and O–H groups in total. The first-order valence-electron chi connectivity index (χ1n) is 10.5. The smallest absolute Gasteiger partial charge is 0.272 e. The van der Waals surface area contributed by atoms with Gasteiger partial charge in [0.1, 0.15) is 18.1 Å². The predicted molar refractivity (Wildman–Crippen MR) is 122 cm³/mol. The van der Waals surface area contributed by atoms with Crippen LogP contribution in [0.25, 0.3) is 22.4 Å². The van der Waals surface area contributed by atoms with Crippen LogP contribution in [-0.2, 0) is 12.1 Å². The maximum absolute atomic E-state index is 13.5. The van der Waals surface area contributed by atoms with Gasteiger partial charge in [-0.3, -0.25) is 9.48 Å². The van der Waals surface area contributed by atoms with Crippen LogP contribution in [0, 0.1) is 0 Å². The van der Waals surface area contributed by atoms with Crippen LogP contribution in [0.5, 0.6) is 5.75 Å². The van der Waals surface area contributed by atoms with E-state index in [9.17, 15) is 23.8 Å². The molecule has 1 aromatic heterocycles. The van der Waals surface area contributed by atoms with Gasteiger partial charge in [0, 0.05) is 17.3 Å². The molecule has 2 aromatic carbocycles. The van der Waals surface area contributed by atoms with Crippen molar-refractivity contribution in [3.05, 3.63) is 70.5 Å². The second kappa shape index (κ2) is 9.41. The predicted octanol–water partition coefficient (Wildman–Crippen LogP) is 4.22. The summed E-state index contributed by atoms with van der Waals surface area (Å²) in [5.74, 6) is 0.117. The summed E-state index contributed by atoms with van der Waals surface area (Å²) in [5.41, 5.74) is -0.677. The zero-order chi connectivity index (χ0) is 24.4. The van der Waals surface area contributed by atoms with Crippen molar-refractivity contribution in [1.29, 1.82) is 0 Å². The van der Waals surface area contributed by atoms with Crippen LogP contribution >= 0.6 is 0 Å². The second-order valence-electron chi connectivity index (χ2n) is 9.07. The van der Waals surface area contributed by atoms with Gasteiger partial charge in [-0.1, -0.05) is 36.4 Å². The van der Waals surface area contributed by atoms with Crippen molar-refractivity contribution in [2.24, 2.45) is 0 Å². The molecule has 3 aromatic rings. The topological polar surface area (TPSA) is 84.6 Å². The molecule has 0 saturated heterocycles. The highest BCUT2D eigenvalue weighted by molar-refractivity contribution is 5.73. The molecular formula is C25H28F2N2O4. The van der Waals surface area contributed by atoms with E-state index in [1.807, 2.05) is 0 Å². The zero-order valence-electron chi connectivity index (χ0n) is 19.0. The average molecular weight is 459 g/mol. The van der Waals surface area contributed by atoms with Gasteiger partial charge >= 0.3 is 0 Å². The van der Waals surface area contributed by atoms with Crippen LogP contribution in [0.3, 0.4) is 0 Å². The molecule has 0 amide bonds. The van der Waals surface area contributed by atoms with Crippen molar-refractivity contribution in [3.8, 4) is 28.1 Å². The fraction of sp³-hybridized carbons (Fsp3) is 0.360. The molecule has 0 saturated carbocycles. The molecule has 0 spiro atoms. The van der Waals surface area contributed by atoms with E-state index in [2.05, 4.69) is 5.10 Å².